The minimum absolute atomic E-state index is 0.0602. The molecule has 0 aliphatic heterocycles. The summed E-state index contributed by atoms with van der Waals surface area (Å²) in [6.45, 7) is 1.61. The van der Waals surface area contributed by atoms with Gasteiger partial charge in [0, 0.05) is 19.8 Å². The molecule has 2 atom stereocenters. The van der Waals surface area contributed by atoms with E-state index < -0.39 is 29.4 Å². The smallest absolute Gasteiger partial charge is 0.347 e. The molecule has 1 aromatic rings. The highest BCUT2D eigenvalue weighted by Crippen LogP contribution is 2.26. The van der Waals surface area contributed by atoms with Crippen LogP contribution in [0.15, 0.2) is 24.3 Å². The monoisotopic (exact) mass is 296 g/mol. The zero-order valence-corrected chi connectivity index (χ0v) is 11.8. The number of Topliss-reactive ketones (excluding diaryl/α,β-unsaturated/α-hetero) is 1. The second-order valence-electron chi connectivity index (χ2n) is 4.34. The second-order valence-corrected chi connectivity index (χ2v) is 4.34. The first-order chi connectivity index (χ1) is 9.82. The van der Waals surface area contributed by atoms with Crippen molar-refractivity contribution in [1.29, 1.82) is 0 Å². The van der Waals surface area contributed by atoms with Crippen LogP contribution >= 0.6 is 0 Å². The van der Waals surface area contributed by atoms with E-state index in [2.05, 4.69) is 4.74 Å². The maximum absolute atomic E-state index is 12.6. The summed E-state index contributed by atoms with van der Waals surface area (Å²) in [5.41, 5.74) is -2.09. The number of carbonyl (C=O) groups is 3. The van der Waals surface area contributed by atoms with Gasteiger partial charge in [-0.2, -0.15) is 0 Å². The Kier molecular flexibility index (Phi) is 5.17. The molecule has 7 heteroatoms. The molecule has 1 unspecified atom stereocenters. The number of ketones is 1. The largest absolute Gasteiger partial charge is 0.479 e. The SMILES string of the molecule is COC(C(=O)O)[C@](OC)(C(=O)O)C(=O)c1ccccc1C. The third kappa shape index (κ3) is 2.79. The molecule has 0 amide bonds. The van der Waals surface area contributed by atoms with Crippen molar-refractivity contribution in [2.75, 3.05) is 14.2 Å². The highest BCUT2D eigenvalue weighted by molar-refractivity contribution is 6.18. The molecule has 0 aliphatic rings. The van der Waals surface area contributed by atoms with Crippen molar-refractivity contribution in [3.8, 4) is 0 Å². The summed E-state index contributed by atoms with van der Waals surface area (Å²) in [5.74, 6) is -4.32. The van der Waals surface area contributed by atoms with E-state index in [-0.39, 0.29) is 5.56 Å². The lowest BCUT2D eigenvalue weighted by Gasteiger charge is -2.31. The topological polar surface area (TPSA) is 110 Å². The molecule has 0 heterocycles. The number of rotatable bonds is 7. The molecule has 0 bridgehead atoms. The standard InChI is InChI=1S/C14H16O7/c1-8-6-4-5-7-9(8)10(15)14(21-3,13(18)19)11(20-2)12(16)17/h4-7,11H,1-3H3,(H,16,17)(H,18,19)/t11?,14-/m0/s1. The van der Waals surface area contributed by atoms with E-state index in [1.807, 2.05) is 0 Å². The van der Waals surface area contributed by atoms with Crippen LogP contribution in [0.4, 0.5) is 0 Å². The third-order valence-electron chi connectivity index (χ3n) is 3.20. The zero-order valence-electron chi connectivity index (χ0n) is 11.8. The van der Waals surface area contributed by atoms with E-state index in [4.69, 9.17) is 9.84 Å². The Morgan fingerprint density at radius 3 is 2.10 bits per heavy atom. The highest BCUT2D eigenvalue weighted by atomic mass is 16.6. The van der Waals surface area contributed by atoms with Gasteiger partial charge in [0.05, 0.1) is 0 Å². The van der Waals surface area contributed by atoms with Gasteiger partial charge in [0.15, 0.2) is 0 Å². The van der Waals surface area contributed by atoms with Gasteiger partial charge in [-0.15, -0.1) is 0 Å². The Hall–Kier alpha value is -2.25. The van der Waals surface area contributed by atoms with Crippen LogP contribution in [0, 0.1) is 6.92 Å². The molecule has 0 saturated heterocycles. The lowest BCUT2D eigenvalue weighted by atomic mass is 9.85. The van der Waals surface area contributed by atoms with Crippen LogP contribution in [0.5, 0.6) is 0 Å². The summed E-state index contributed by atoms with van der Waals surface area (Å²) >= 11 is 0. The van der Waals surface area contributed by atoms with Crippen LogP contribution in [0.1, 0.15) is 15.9 Å². The van der Waals surface area contributed by atoms with E-state index >= 15 is 0 Å². The normalized spacial score (nSPS) is 15.0. The van der Waals surface area contributed by atoms with E-state index in [0.717, 1.165) is 14.2 Å². The van der Waals surface area contributed by atoms with Crippen LogP contribution < -0.4 is 0 Å². The first kappa shape index (κ1) is 16.8. The molecule has 0 saturated carbocycles. The Balaban J connectivity index is 3.52. The number of hydrogen-bond acceptors (Lipinski definition) is 5. The van der Waals surface area contributed by atoms with Gasteiger partial charge in [-0.05, 0) is 12.5 Å². The van der Waals surface area contributed by atoms with Gasteiger partial charge in [0.25, 0.3) is 5.60 Å². The molecule has 0 radical (unpaired) electrons. The lowest BCUT2D eigenvalue weighted by Crippen LogP contribution is -2.61. The molecule has 2 N–H and O–H groups in total. The molecule has 114 valence electrons. The molecular weight excluding hydrogens is 280 g/mol. The van der Waals surface area contributed by atoms with Crippen LogP contribution in [-0.4, -0.2) is 53.9 Å². The van der Waals surface area contributed by atoms with Gasteiger partial charge in [-0.1, -0.05) is 24.3 Å². The Morgan fingerprint density at radius 1 is 1.14 bits per heavy atom. The highest BCUT2D eigenvalue weighted by Gasteiger charge is 2.57. The average molecular weight is 296 g/mol. The first-order valence-corrected chi connectivity index (χ1v) is 5.97. The summed E-state index contributed by atoms with van der Waals surface area (Å²) in [4.78, 5) is 35.5. The summed E-state index contributed by atoms with van der Waals surface area (Å²) in [6.07, 6.45) is -1.98. The first-order valence-electron chi connectivity index (χ1n) is 5.97. The fourth-order valence-electron chi connectivity index (χ4n) is 2.08. The van der Waals surface area contributed by atoms with Crippen molar-refractivity contribution < 1.29 is 34.1 Å². The van der Waals surface area contributed by atoms with Gasteiger partial charge in [-0.25, -0.2) is 9.59 Å². The van der Waals surface area contributed by atoms with E-state index in [0.29, 0.717) is 5.56 Å². The van der Waals surface area contributed by atoms with Gasteiger partial charge < -0.3 is 19.7 Å². The quantitative estimate of drug-likeness (QED) is 0.564. The van der Waals surface area contributed by atoms with Crippen molar-refractivity contribution in [2.45, 2.75) is 18.6 Å². The molecule has 1 rings (SSSR count). The van der Waals surface area contributed by atoms with Crippen molar-refractivity contribution in [3.05, 3.63) is 35.4 Å². The predicted octanol–water partition coefficient (Wildman–Crippen LogP) is 0.747. The van der Waals surface area contributed by atoms with E-state index in [1.165, 1.54) is 6.07 Å². The molecule has 1 aromatic carbocycles. The number of hydrogen-bond donors (Lipinski definition) is 2. The van der Waals surface area contributed by atoms with Crippen molar-refractivity contribution in [2.24, 2.45) is 0 Å². The zero-order chi connectivity index (χ0) is 16.2. The van der Waals surface area contributed by atoms with Gasteiger partial charge in [0.1, 0.15) is 0 Å². The van der Waals surface area contributed by atoms with Crippen LogP contribution in [-0.2, 0) is 19.1 Å². The Morgan fingerprint density at radius 2 is 1.71 bits per heavy atom. The molecule has 0 spiro atoms. The fraction of sp³-hybridized carbons (Fsp3) is 0.357. The van der Waals surface area contributed by atoms with Crippen molar-refractivity contribution in [3.63, 3.8) is 0 Å². The van der Waals surface area contributed by atoms with Crippen molar-refractivity contribution >= 4 is 17.7 Å². The molecule has 0 fully saturated rings. The van der Waals surface area contributed by atoms with E-state index in [9.17, 15) is 19.5 Å². The molecule has 0 aliphatic carbocycles. The number of benzene rings is 1. The molecule has 7 nitrogen and oxygen atoms in total. The predicted molar refractivity (Wildman–Crippen MR) is 71.3 cm³/mol. The van der Waals surface area contributed by atoms with Gasteiger partial charge in [0.2, 0.25) is 11.9 Å². The third-order valence-corrected chi connectivity index (χ3v) is 3.20. The number of carboxylic acids is 2. The minimum Gasteiger partial charge on any atom is -0.479 e. The summed E-state index contributed by atoms with van der Waals surface area (Å²) in [6, 6.07) is 6.23. The van der Waals surface area contributed by atoms with Crippen LogP contribution in [0.3, 0.4) is 0 Å². The number of carbonyl (C=O) groups excluding carboxylic acids is 1. The fourth-order valence-corrected chi connectivity index (χ4v) is 2.08. The van der Waals surface area contributed by atoms with Gasteiger partial charge >= 0.3 is 11.9 Å². The average Bonchev–Trinajstić information content (AvgIpc) is 2.43. The maximum Gasteiger partial charge on any atom is 0.347 e. The Bertz CT molecular complexity index is 566. The number of ether oxygens (including phenoxy) is 2. The maximum atomic E-state index is 12.6. The Labute approximate surface area is 121 Å². The minimum atomic E-state index is -2.66. The summed E-state index contributed by atoms with van der Waals surface area (Å²) in [5, 5.41) is 18.5. The van der Waals surface area contributed by atoms with Crippen LogP contribution in [0.2, 0.25) is 0 Å². The number of aliphatic carboxylic acids is 2. The van der Waals surface area contributed by atoms with E-state index in [1.54, 1.807) is 25.1 Å². The molecule has 21 heavy (non-hydrogen) atoms. The lowest BCUT2D eigenvalue weighted by molar-refractivity contribution is -0.182. The molecule has 0 aromatic heterocycles. The second kappa shape index (κ2) is 6.47. The van der Waals surface area contributed by atoms with Gasteiger partial charge in [-0.3, -0.25) is 4.79 Å². The summed E-state index contributed by atoms with van der Waals surface area (Å²) < 4.78 is 9.52. The number of carboxylic acid groups (broad SMARTS) is 2. The number of aryl methyl sites for hydroxylation is 1. The molecular formula is C14H16O7. The van der Waals surface area contributed by atoms with Crippen LogP contribution in [0.25, 0.3) is 0 Å². The number of methoxy groups -OCH3 is 2. The van der Waals surface area contributed by atoms with Crippen molar-refractivity contribution in [1.82, 2.24) is 0 Å². The summed E-state index contributed by atoms with van der Waals surface area (Å²) in [7, 11) is 1.96.